The van der Waals surface area contributed by atoms with Crippen LogP contribution >= 0.6 is 0 Å². The monoisotopic (exact) mass is 454 g/mol. The molecule has 162 valence electrons. The van der Waals surface area contributed by atoms with E-state index >= 15 is 0 Å². The first-order chi connectivity index (χ1) is 15.9. The van der Waals surface area contributed by atoms with Crippen LogP contribution in [-0.2, 0) is 10.0 Å². The van der Waals surface area contributed by atoms with Gasteiger partial charge in [-0.15, -0.1) is 0 Å². The van der Waals surface area contributed by atoms with Gasteiger partial charge < -0.3 is 5.11 Å². The van der Waals surface area contributed by atoms with E-state index in [1.54, 1.807) is 54.6 Å². The average molecular weight is 455 g/mol. The van der Waals surface area contributed by atoms with Crippen molar-refractivity contribution >= 4 is 21.7 Å². The number of sulfonamides is 1. The second-order valence-corrected chi connectivity index (χ2v) is 8.65. The molecule has 0 aliphatic rings. The number of hydrogen-bond acceptors (Lipinski definition) is 4. The molecule has 0 unspecified atom stereocenters. The molecule has 0 saturated carbocycles. The van der Waals surface area contributed by atoms with E-state index in [1.165, 1.54) is 12.3 Å². The van der Waals surface area contributed by atoms with Gasteiger partial charge in [0.25, 0.3) is 10.0 Å². The molecule has 6 nitrogen and oxygen atoms in total. The zero-order valence-electron chi connectivity index (χ0n) is 17.3. The first kappa shape index (κ1) is 21.8. The molecule has 0 bridgehead atoms. The van der Waals surface area contributed by atoms with Gasteiger partial charge in [-0.25, -0.2) is 18.2 Å². The summed E-state index contributed by atoms with van der Waals surface area (Å²) in [7, 11) is -3.91. The van der Waals surface area contributed by atoms with Crippen molar-refractivity contribution in [2.24, 2.45) is 0 Å². The lowest BCUT2D eigenvalue weighted by Crippen LogP contribution is -2.15. The highest BCUT2D eigenvalue weighted by Crippen LogP contribution is 2.29. The second kappa shape index (κ2) is 9.39. The number of para-hydroxylation sites is 1. The number of carboxylic acid groups (broad SMARTS) is 1. The van der Waals surface area contributed by atoms with E-state index in [-0.39, 0.29) is 10.6 Å². The summed E-state index contributed by atoms with van der Waals surface area (Å²) in [6, 6.07) is 25.8. The Kier molecular flexibility index (Phi) is 6.20. The first-order valence-corrected chi connectivity index (χ1v) is 11.4. The molecule has 0 radical (unpaired) electrons. The van der Waals surface area contributed by atoms with Crippen LogP contribution in [0.15, 0.2) is 102 Å². The second-order valence-electron chi connectivity index (χ2n) is 7.00. The molecule has 0 fully saturated rings. The van der Waals surface area contributed by atoms with Crippen molar-refractivity contribution in [3.63, 3.8) is 0 Å². The van der Waals surface area contributed by atoms with Crippen LogP contribution in [0.5, 0.6) is 0 Å². The molecule has 0 aliphatic heterocycles. The van der Waals surface area contributed by atoms with Crippen molar-refractivity contribution in [2.75, 3.05) is 4.72 Å². The average Bonchev–Trinajstić information content (AvgIpc) is 2.84. The zero-order valence-corrected chi connectivity index (χ0v) is 18.1. The molecule has 3 aromatic carbocycles. The van der Waals surface area contributed by atoms with Gasteiger partial charge in [0, 0.05) is 22.9 Å². The van der Waals surface area contributed by atoms with E-state index in [0.29, 0.717) is 22.4 Å². The normalized spacial score (nSPS) is 10.7. The fourth-order valence-corrected chi connectivity index (χ4v) is 4.48. The Hall–Kier alpha value is -4.41. The number of benzene rings is 3. The van der Waals surface area contributed by atoms with E-state index in [1.807, 2.05) is 30.3 Å². The number of aromatic carboxylic acids is 1. The Morgan fingerprint density at radius 3 is 2.24 bits per heavy atom. The predicted octanol–water partition coefficient (Wildman–Crippen LogP) is 4.65. The minimum absolute atomic E-state index is 0.0780. The number of rotatable bonds is 5. The molecule has 0 atom stereocenters. The van der Waals surface area contributed by atoms with Crippen molar-refractivity contribution in [1.82, 2.24) is 4.98 Å². The number of nitrogens with one attached hydrogen (secondary N) is 1. The van der Waals surface area contributed by atoms with Gasteiger partial charge >= 0.3 is 5.97 Å². The van der Waals surface area contributed by atoms with Gasteiger partial charge in [0.05, 0.1) is 10.6 Å². The van der Waals surface area contributed by atoms with Crippen molar-refractivity contribution in [3.05, 3.63) is 114 Å². The van der Waals surface area contributed by atoms with Gasteiger partial charge in [-0.05, 0) is 35.9 Å². The number of pyridine rings is 1. The zero-order chi connectivity index (χ0) is 23.3. The van der Waals surface area contributed by atoms with Crippen molar-refractivity contribution in [1.29, 1.82) is 0 Å². The van der Waals surface area contributed by atoms with Gasteiger partial charge in [0.15, 0.2) is 0 Å². The number of carboxylic acids is 1. The minimum atomic E-state index is -3.91. The summed E-state index contributed by atoms with van der Waals surface area (Å²) in [5.41, 5.74) is 2.63. The molecule has 0 amide bonds. The number of aromatic nitrogens is 1. The number of nitrogens with zero attached hydrogens (tertiary/aromatic N) is 1. The molecule has 1 heterocycles. The maximum atomic E-state index is 13.3. The van der Waals surface area contributed by atoms with Crippen LogP contribution in [-0.4, -0.2) is 24.5 Å². The number of carbonyl (C=O) groups is 1. The van der Waals surface area contributed by atoms with Crippen LogP contribution in [0, 0.1) is 11.8 Å². The van der Waals surface area contributed by atoms with E-state index in [9.17, 15) is 13.2 Å². The van der Waals surface area contributed by atoms with Gasteiger partial charge in [-0.1, -0.05) is 72.5 Å². The Labute approximate surface area is 191 Å². The topological polar surface area (TPSA) is 96.4 Å². The van der Waals surface area contributed by atoms with Crippen LogP contribution in [0.1, 0.15) is 21.6 Å². The molecule has 7 heteroatoms. The number of anilines is 1. The number of hydrogen-bond donors (Lipinski definition) is 2. The quantitative estimate of drug-likeness (QED) is 0.428. The first-order valence-electron chi connectivity index (χ1n) is 9.92. The minimum Gasteiger partial charge on any atom is -0.477 e. The molecule has 33 heavy (non-hydrogen) atoms. The lowest BCUT2D eigenvalue weighted by atomic mass is 10.1. The van der Waals surface area contributed by atoms with E-state index in [2.05, 4.69) is 21.5 Å². The third-order valence-electron chi connectivity index (χ3n) is 4.76. The fourth-order valence-electron chi connectivity index (χ4n) is 3.17. The molecule has 4 rings (SSSR count). The van der Waals surface area contributed by atoms with E-state index < -0.39 is 16.0 Å². The smallest absolute Gasteiger partial charge is 0.354 e. The van der Waals surface area contributed by atoms with Crippen LogP contribution in [0.4, 0.5) is 5.69 Å². The fraction of sp³-hybridized carbons (Fsp3) is 0. The molecular weight excluding hydrogens is 436 g/mol. The highest BCUT2D eigenvalue weighted by atomic mass is 32.2. The molecular formula is C26H18N2O4S. The highest BCUT2D eigenvalue weighted by molar-refractivity contribution is 7.92. The summed E-state index contributed by atoms with van der Waals surface area (Å²) < 4.78 is 29.2. The molecule has 4 aromatic rings. The summed E-state index contributed by atoms with van der Waals surface area (Å²) in [4.78, 5) is 14.9. The van der Waals surface area contributed by atoms with Crippen molar-refractivity contribution in [2.45, 2.75) is 4.90 Å². The van der Waals surface area contributed by atoms with Crippen LogP contribution < -0.4 is 4.72 Å². The Bertz CT molecular complexity index is 1470. The molecule has 1 aromatic heterocycles. The highest BCUT2D eigenvalue weighted by Gasteiger charge is 2.20. The third kappa shape index (κ3) is 5.09. The molecule has 2 N–H and O–H groups in total. The predicted molar refractivity (Wildman–Crippen MR) is 126 cm³/mol. The van der Waals surface area contributed by atoms with Gasteiger partial charge in [0.2, 0.25) is 0 Å². The van der Waals surface area contributed by atoms with E-state index in [4.69, 9.17) is 5.11 Å². The SMILES string of the molecule is O=C(O)c1ccc(C#Cc2ccccc2NS(=O)(=O)c2ccccc2-c2ccccc2)cn1. The van der Waals surface area contributed by atoms with Crippen LogP contribution in [0.2, 0.25) is 0 Å². The summed E-state index contributed by atoms with van der Waals surface area (Å²) in [5, 5.41) is 8.95. The third-order valence-corrected chi connectivity index (χ3v) is 6.18. The van der Waals surface area contributed by atoms with Gasteiger partial charge in [0.1, 0.15) is 5.69 Å². The van der Waals surface area contributed by atoms with Gasteiger partial charge in [-0.3, -0.25) is 4.72 Å². The molecule has 0 spiro atoms. The summed E-state index contributed by atoms with van der Waals surface area (Å²) in [5.74, 6) is 4.70. The van der Waals surface area contributed by atoms with Crippen molar-refractivity contribution in [3.8, 4) is 23.0 Å². The lowest BCUT2D eigenvalue weighted by molar-refractivity contribution is 0.0690. The molecule has 0 saturated heterocycles. The molecule has 0 aliphatic carbocycles. The standard InChI is InChI=1S/C26H18N2O4S/c29-26(30)24-17-15-19(18-27-24)14-16-21-10-4-6-12-23(21)28-33(31,32)25-13-7-5-11-22(25)20-8-2-1-3-9-20/h1-13,15,17-18,28H,(H,29,30). The Morgan fingerprint density at radius 1 is 0.818 bits per heavy atom. The summed E-state index contributed by atoms with van der Waals surface area (Å²) in [6.45, 7) is 0. The Morgan fingerprint density at radius 2 is 1.52 bits per heavy atom. The maximum absolute atomic E-state index is 13.3. The maximum Gasteiger partial charge on any atom is 0.354 e. The summed E-state index contributed by atoms with van der Waals surface area (Å²) >= 11 is 0. The van der Waals surface area contributed by atoms with Crippen LogP contribution in [0.3, 0.4) is 0 Å². The largest absolute Gasteiger partial charge is 0.477 e. The van der Waals surface area contributed by atoms with Gasteiger partial charge in [-0.2, -0.15) is 0 Å². The van der Waals surface area contributed by atoms with E-state index in [0.717, 1.165) is 5.56 Å². The Balaban J connectivity index is 1.66. The lowest BCUT2D eigenvalue weighted by Gasteiger charge is -2.13. The van der Waals surface area contributed by atoms with Crippen molar-refractivity contribution < 1.29 is 18.3 Å². The van der Waals surface area contributed by atoms with Crippen LogP contribution in [0.25, 0.3) is 11.1 Å². The summed E-state index contributed by atoms with van der Waals surface area (Å²) in [6.07, 6.45) is 1.36.